The highest BCUT2D eigenvalue weighted by Gasteiger charge is 2.12. The van der Waals surface area contributed by atoms with Crippen molar-refractivity contribution in [2.24, 2.45) is 0 Å². The van der Waals surface area contributed by atoms with Crippen LogP contribution in [0.15, 0.2) is 42.6 Å². The average Bonchev–Trinajstić information content (AvgIpc) is 2.33. The van der Waals surface area contributed by atoms with Gasteiger partial charge < -0.3 is 0 Å². The van der Waals surface area contributed by atoms with E-state index in [0.29, 0.717) is 5.69 Å². The fourth-order valence-electron chi connectivity index (χ4n) is 1.62. The van der Waals surface area contributed by atoms with Gasteiger partial charge in [-0.3, -0.25) is 9.78 Å². The van der Waals surface area contributed by atoms with Crippen molar-refractivity contribution >= 4 is 5.78 Å². The maximum absolute atomic E-state index is 13.5. The van der Waals surface area contributed by atoms with E-state index in [0.717, 1.165) is 5.56 Å². The van der Waals surface area contributed by atoms with Crippen molar-refractivity contribution in [3.8, 4) is 0 Å². The number of aryl methyl sites for hydroxylation is 1. The summed E-state index contributed by atoms with van der Waals surface area (Å²) in [5.41, 5.74) is 1.66. The lowest BCUT2D eigenvalue weighted by Gasteiger charge is -2.03. The third kappa shape index (κ3) is 2.75. The molecule has 3 heteroatoms. The Balaban J connectivity index is 2.23. The largest absolute Gasteiger partial charge is 0.294 e. The highest BCUT2D eigenvalue weighted by molar-refractivity contribution is 5.97. The molecule has 0 spiro atoms. The average molecular weight is 229 g/mol. The van der Waals surface area contributed by atoms with Crippen molar-refractivity contribution in [1.82, 2.24) is 4.98 Å². The van der Waals surface area contributed by atoms with Crippen LogP contribution in [0, 0.1) is 12.7 Å². The predicted molar refractivity (Wildman–Crippen MR) is 63.4 cm³/mol. The Labute approximate surface area is 99.1 Å². The molecule has 0 saturated carbocycles. The first kappa shape index (κ1) is 11.5. The first-order valence-electron chi connectivity index (χ1n) is 5.36. The second-order valence-corrected chi connectivity index (χ2v) is 3.90. The summed E-state index contributed by atoms with van der Waals surface area (Å²) in [6.45, 7) is 1.83. The van der Waals surface area contributed by atoms with Crippen LogP contribution in [0.5, 0.6) is 0 Å². The van der Waals surface area contributed by atoms with E-state index in [2.05, 4.69) is 4.98 Å². The van der Waals surface area contributed by atoms with Crippen LogP contribution in [0.25, 0.3) is 0 Å². The molecular weight excluding hydrogens is 217 g/mol. The number of ketones is 1. The van der Waals surface area contributed by atoms with Gasteiger partial charge in [0.05, 0.1) is 12.0 Å². The minimum Gasteiger partial charge on any atom is -0.294 e. The normalized spacial score (nSPS) is 10.2. The maximum atomic E-state index is 13.5. The summed E-state index contributed by atoms with van der Waals surface area (Å²) in [6.07, 6.45) is 1.75. The molecular formula is C14H12FNO. The summed E-state index contributed by atoms with van der Waals surface area (Å²) >= 11 is 0. The van der Waals surface area contributed by atoms with Crippen LogP contribution < -0.4 is 0 Å². The lowest BCUT2D eigenvalue weighted by molar-refractivity contribution is 0.0988. The number of pyridine rings is 1. The Morgan fingerprint density at radius 1 is 1.29 bits per heavy atom. The molecule has 0 aliphatic rings. The number of hydrogen-bond donors (Lipinski definition) is 0. The first-order chi connectivity index (χ1) is 8.16. The van der Waals surface area contributed by atoms with Crippen LogP contribution in [0.1, 0.15) is 21.6 Å². The maximum Gasteiger partial charge on any atom is 0.171 e. The zero-order chi connectivity index (χ0) is 12.3. The Bertz CT molecular complexity index is 537. The van der Waals surface area contributed by atoms with E-state index in [-0.39, 0.29) is 17.8 Å². The fraction of sp³-hybridized carbons (Fsp3) is 0.143. The number of nitrogens with zero attached hydrogens (tertiary/aromatic N) is 1. The van der Waals surface area contributed by atoms with Gasteiger partial charge in [-0.25, -0.2) is 4.39 Å². The predicted octanol–water partition coefficient (Wildman–Crippen LogP) is 2.95. The van der Waals surface area contributed by atoms with E-state index in [4.69, 9.17) is 0 Å². The molecule has 1 aromatic carbocycles. The zero-order valence-electron chi connectivity index (χ0n) is 9.48. The molecule has 86 valence electrons. The van der Waals surface area contributed by atoms with Crippen molar-refractivity contribution in [3.63, 3.8) is 0 Å². The smallest absolute Gasteiger partial charge is 0.171 e. The molecule has 0 atom stereocenters. The molecule has 0 fully saturated rings. The quantitative estimate of drug-likeness (QED) is 0.757. The van der Waals surface area contributed by atoms with Gasteiger partial charge in [0.1, 0.15) is 5.82 Å². The van der Waals surface area contributed by atoms with Crippen LogP contribution in [-0.4, -0.2) is 10.8 Å². The number of hydrogen-bond acceptors (Lipinski definition) is 2. The van der Waals surface area contributed by atoms with E-state index >= 15 is 0 Å². The number of Topliss-reactive ketones (excluding diaryl/α,β-unsaturated/α-hetero) is 1. The molecule has 0 bridgehead atoms. The van der Waals surface area contributed by atoms with Gasteiger partial charge in [0.25, 0.3) is 0 Å². The molecule has 2 aromatic rings. The summed E-state index contributed by atoms with van der Waals surface area (Å²) in [7, 11) is 0. The Morgan fingerprint density at radius 3 is 2.82 bits per heavy atom. The molecule has 0 unspecified atom stereocenters. The van der Waals surface area contributed by atoms with Crippen molar-refractivity contribution in [1.29, 1.82) is 0 Å². The van der Waals surface area contributed by atoms with E-state index in [1.807, 2.05) is 13.0 Å². The zero-order valence-corrected chi connectivity index (χ0v) is 9.48. The van der Waals surface area contributed by atoms with E-state index in [9.17, 15) is 9.18 Å². The van der Waals surface area contributed by atoms with Crippen molar-refractivity contribution in [3.05, 3.63) is 65.2 Å². The van der Waals surface area contributed by atoms with Gasteiger partial charge in [-0.2, -0.15) is 0 Å². The van der Waals surface area contributed by atoms with Crippen LogP contribution in [-0.2, 0) is 6.42 Å². The number of aromatic nitrogens is 1. The summed E-state index contributed by atoms with van der Waals surface area (Å²) in [5.74, 6) is -0.721. The number of rotatable bonds is 3. The van der Waals surface area contributed by atoms with Crippen molar-refractivity contribution in [2.45, 2.75) is 13.3 Å². The second-order valence-electron chi connectivity index (χ2n) is 3.90. The van der Waals surface area contributed by atoms with Crippen molar-refractivity contribution in [2.75, 3.05) is 0 Å². The van der Waals surface area contributed by atoms with Crippen LogP contribution in [0.3, 0.4) is 0 Å². The number of halogens is 1. The highest BCUT2D eigenvalue weighted by atomic mass is 19.1. The van der Waals surface area contributed by atoms with Crippen LogP contribution >= 0.6 is 0 Å². The molecule has 0 saturated heterocycles. The minimum absolute atomic E-state index is 0.126. The summed E-state index contributed by atoms with van der Waals surface area (Å²) in [4.78, 5) is 16.0. The van der Waals surface area contributed by atoms with Gasteiger partial charge >= 0.3 is 0 Å². The lowest BCUT2D eigenvalue weighted by atomic mass is 10.0. The van der Waals surface area contributed by atoms with Crippen LogP contribution in [0.4, 0.5) is 4.39 Å². The van der Waals surface area contributed by atoms with Crippen molar-refractivity contribution < 1.29 is 9.18 Å². The Hall–Kier alpha value is -2.03. The van der Waals surface area contributed by atoms with Gasteiger partial charge in [-0.15, -0.1) is 0 Å². The number of benzene rings is 1. The fourth-order valence-corrected chi connectivity index (χ4v) is 1.62. The molecule has 0 aliphatic carbocycles. The molecule has 2 rings (SSSR count). The number of carbonyl (C=O) groups is 1. The second kappa shape index (κ2) is 4.87. The van der Waals surface area contributed by atoms with Gasteiger partial charge in [-0.1, -0.05) is 17.7 Å². The third-order valence-corrected chi connectivity index (χ3v) is 2.49. The Morgan fingerprint density at radius 2 is 2.12 bits per heavy atom. The molecule has 17 heavy (non-hydrogen) atoms. The molecule has 0 aliphatic heterocycles. The van der Waals surface area contributed by atoms with E-state index in [1.54, 1.807) is 30.5 Å². The van der Waals surface area contributed by atoms with Gasteiger partial charge in [0, 0.05) is 11.9 Å². The summed E-state index contributed by atoms with van der Waals surface area (Å²) in [5, 5.41) is 0. The van der Waals surface area contributed by atoms with E-state index in [1.165, 1.54) is 6.07 Å². The molecule has 1 heterocycles. The topological polar surface area (TPSA) is 30.0 Å². The van der Waals surface area contributed by atoms with Gasteiger partial charge in [0.2, 0.25) is 0 Å². The molecule has 1 aromatic heterocycles. The van der Waals surface area contributed by atoms with Gasteiger partial charge in [-0.05, 0) is 31.2 Å². The molecule has 0 radical (unpaired) electrons. The SMILES string of the molecule is Cc1ccc(F)c(C(=O)Cc2ccccn2)c1. The first-order valence-corrected chi connectivity index (χ1v) is 5.36. The monoisotopic (exact) mass is 229 g/mol. The Kier molecular flexibility index (Phi) is 3.28. The summed E-state index contributed by atoms with van der Waals surface area (Å²) in [6, 6.07) is 9.88. The number of carbonyl (C=O) groups excluding carboxylic acids is 1. The highest BCUT2D eigenvalue weighted by Crippen LogP contribution is 2.12. The van der Waals surface area contributed by atoms with Gasteiger partial charge in [0.15, 0.2) is 5.78 Å². The minimum atomic E-state index is -0.475. The lowest BCUT2D eigenvalue weighted by Crippen LogP contribution is -2.07. The van der Waals surface area contributed by atoms with E-state index < -0.39 is 5.82 Å². The third-order valence-electron chi connectivity index (χ3n) is 2.49. The summed E-state index contributed by atoms with van der Waals surface area (Å²) < 4.78 is 13.5. The van der Waals surface area contributed by atoms with Crippen LogP contribution in [0.2, 0.25) is 0 Å². The standard InChI is InChI=1S/C14H12FNO/c1-10-5-6-13(15)12(8-10)14(17)9-11-4-2-3-7-16-11/h2-8H,9H2,1H3. The molecule has 2 nitrogen and oxygen atoms in total. The molecule has 0 N–H and O–H groups in total. The molecule has 0 amide bonds.